The van der Waals surface area contributed by atoms with Crippen molar-refractivity contribution in [2.24, 2.45) is 0 Å². The van der Waals surface area contributed by atoms with Gasteiger partial charge in [-0.15, -0.1) is 0 Å². The van der Waals surface area contributed by atoms with Crippen LogP contribution in [0.25, 0.3) is 0 Å². The smallest absolute Gasteiger partial charge is 0.275 e. The molecular weight excluding hydrogens is 334 g/mol. The first-order valence-electron chi connectivity index (χ1n) is 5.59. The van der Waals surface area contributed by atoms with E-state index in [9.17, 15) is 18.9 Å². The minimum atomic E-state index is -0.992. The van der Waals surface area contributed by atoms with E-state index < -0.39 is 22.2 Å². The molecule has 0 radical (unpaired) electrons. The van der Waals surface area contributed by atoms with Crippen molar-refractivity contribution in [3.05, 3.63) is 68.2 Å². The van der Waals surface area contributed by atoms with Crippen LogP contribution in [0, 0.1) is 21.7 Å². The molecule has 0 atom stereocenters. The van der Waals surface area contributed by atoms with Crippen molar-refractivity contribution in [1.29, 1.82) is 0 Å². The highest BCUT2D eigenvalue weighted by molar-refractivity contribution is 9.10. The fourth-order valence-corrected chi connectivity index (χ4v) is 1.89. The SMILES string of the molecule is O=[N+]([O-])c1cc(F)c(NCc2ccc(Br)cc2)c(F)c1. The number of nitrogens with zero attached hydrogens (tertiary/aromatic N) is 1. The summed E-state index contributed by atoms with van der Waals surface area (Å²) in [5.74, 6) is -1.98. The van der Waals surface area contributed by atoms with Gasteiger partial charge in [-0.2, -0.15) is 0 Å². The number of hydrogen-bond donors (Lipinski definition) is 1. The molecule has 0 amide bonds. The zero-order valence-electron chi connectivity index (χ0n) is 10.1. The van der Waals surface area contributed by atoms with Gasteiger partial charge in [0.05, 0.1) is 17.1 Å². The molecule has 0 aliphatic rings. The summed E-state index contributed by atoms with van der Waals surface area (Å²) >= 11 is 3.28. The maximum absolute atomic E-state index is 13.6. The Labute approximate surface area is 121 Å². The Hall–Kier alpha value is -2.02. The van der Waals surface area contributed by atoms with E-state index in [1.54, 1.807) is 24.3 Å². The highest BCUT2D eigenvalue weighted by Gasteiger charge is 2.16. The van der Waals surface area contributed by atoms with Crippen LogP contribution in [-0.4, -0.2) is 4.92 Å². The topological polar surface area (TPSA) is 55.2 Å². The molecule has 7 heteroatoms. The number of anilines is 1. The number of non-ortho nitro benzene ring substituents is 1. The standard InChI is InChI=1S/C13H9BrF2N2O2/c14-9-3-1-8(2-4-9)7-17-13-11(15)5-10(18(19)20)6-12(13)16/h1-6,17H,7H2. The normalized spacial score (nSPS) is 10.3. The largest absolute Gasteiger partial charge is 0.376 e. The van der Waals surface area contributed by atoms with Gasteiger partial charge in [-0.05, 0) is 17.7 Å². The zero-order valence-corrected chi connectivity index (χ0v) is 11.7. The molecule has 0 aliphatic heterocycles. The highest BCUT2D eigenvalue weighted by atomic mass is 79.9. The van der Waals surface area contributed by atoms with Gasteiger partial charge in [0.15, 0.2) is 11.6 Å². The minimum Gasteiger partial charge on any atom is -0.376 e. The predicted octanol–water partition coefficient (Wildman–Crippen LogP) is 4.25. The molecule has 0 aromatic heterocycles. The Balaban J connectivity index is 2.17. The van der Waals surface area contributed by atoms with Gasteiger partial charge in [-0.1, -0.05) is 28.1 Å². The Bertz CT molecular complexity index is 624. The van der Waals surface area contributed by atoms with Gasteiger partial charge >= 0.3 is 0 Å². The summed E-state index contributed by atoms with van der Waals surface area (Å²) in [5, 5.41) is 13.1. The third-order valence-electron chi connectivity index (χ3n) is 2.62. The van der Waals surface area contributed by atoms with Crippen LogP contribution < -0.4 is 5.32 Å². The van der Waals surface area contributed by atoms with Gasteiger partial charge in [0, 0.05) is 11.0 Å². The second-order valence-corrected chi connectivity index (χ2v) is 4.94. The van der Waals surface area contributed by atoms with E-state index in [1.165, 1.54) is 0 Å². The average Bonchev–Trinajstić information content (AvgIpc) is 2.39. The van der Waals surface area contributed by atoms with Gasteiger partial charge in [0.2, 0.25) is 0 Å². The fraction of sp³-hybridized carbons (Fsp3) is 0.0769. The molecule has 0 saturated carbocycles. The lowest BCUT2D eigenvalue weighted by atomic mass is 10.2. The quantitative estimate of drug-likeness (QED) is 0.667. The van der Waals surface area contributed by atoms with Crippen LogP contribution >= 0.6 is 15.9 Å². The van der Waals surface area contributed by atoms with Gasteiger partial charge in [-0.3, -0.25) is 10.1 Å². The van der Waals surface area contributed by atoms with E-state index in [1.807, 2.05) is 0 Å². The molecular formula is C13H9BrF2N2O2. The lowest BCUT2D eigenvalue weighted by Crippen LogP contribution is -2.04. The van der Waals surface area contributed by atoms with Crippen LogP contribution in [0.2, 0.25) is 0 Å². The highest BCUT2D eigenvalue weighted by Crippen LogP contribution is 2.25. The van der Waals surface area contributed by atoms with Crippen molar-refractivity contribution in [1.82, 2.24) is 0 Å². The Morgan fingerprint density at radius 3 is 2.20 bits per heavy atom. The summed E-state index contributed by atoms with van der Waals surface area (Å²) in [6.45, 7) is 0.207. The molecule has 0 bridgehead atoms. The number of nitrogens with one attached hydrogen (secondary N) is 1. The number of rotatable bonds is 4. The third kappa shape index (κ3) is 3.30. The number of benzene rings is 2. The van der Waals surface area contributed by atoms with E-state index in [0.29, 0.717) is 12.1 Å². The molecule has 0 spiro atoms. The molecule has 0 fully saturated rings. The summed E-state index contributed by atoms with van der Waals surface area (Å²) in [6, 6.07) is 8.57. The van der Waals surface area contributed by atoms with Gasteiger partial charge in [0.25, 0.3) is 5.69 Å². The fourth-order valence-electron chi connectivity index (χ4n) is 1.63. The molecule has 4 nitrogen and oxygen atoms in total. The summed E-state index contributed by atoms with van der Waals surface area (Å²) in [7, 11) is 0. The summed E-state index contributed by atoms with van der Waals surface area (Å²) < 4.78 is 28.1. The lowest BCUT2D eigenvalue weighted by molar-refractivity contribution is -0.385. The van der Waals surface area contributed by atoms with E-state index in [-0.39, 0.29) is 12.2 Å². The molecule has 0 heterocycles. The van der Waals surface area contributed by atoms with Crippen LogP contribution in [0.1, 0.15) is 5.56 Å². The molecule has 1 N–H and O–H groups in total. The van der Waals surface area contributed by atoms with Crippen LogP contribution in [-0.2, 0) is 6.54 Å². The van der Waals surface area contributed by atoms with Gasteiger partial charge < -0.3 is 5.32 Å². The lowest BCUT2D eigenvalue weighted by Gasteiger charge is -2.09. The van der Waals surface area contributed by atoms with Crippen molar-refractivity contribution in [2.75, 3.05) is 5.32 Å². The van der Waals surface area contributed by atoms with Crippen molar-refractivity contribution in [3.63, 3.8) is 0 Å². The number of hydrogen-bond acceptors (Lipinski definition) is 3. The Morgan fingerprint density at radius 1 is 1.15 bits per heavy atom. The van der Waals surface area contributed by atoms with Crippen LogP contribution in [0.5, 0.6) is 0 Å². The molecule has 0 aliphatic carbocycles. The number of nitro groups is 1. The molecule has 2 aromatic carbocycles. The first-order valence-corrected chi connectivity index (χ1v) is 6.38. The van der Waals surface area contributed by atoms with E-state index >= 15 is 0 Å². The molecule has 2 aromatic rings. The molecule has 20 heavy (non-hydrogen) atoms. The maximum atomic E-state index is 13.6. The minimum absolute atomic E-state index is 0.207. The monoisotopic (exact) mass is 342 g/mol. The van der Waals surface area contributed by atoms with Crippen LogP contribution in [0.3, 0.4) is 0 Å². The maximum Gasteiger partial charge on any atom is 0.275 e. The predicted molar refractivity (Wildman–Crippen MR) is 74.5 cm³/mol. The van der Waals surface area contributed by atoms with E-state index in [2.05, 4.69) is 21.2 Å². The van der Waals surface area contributed by atoms with Gasteiger partial charge in [0.1, 0.15) is 5.69 Å². The van der Waals surface area contributed by atoms with Crippen LogP contribution in [0.4, 0.5) is 20.2 Å². The molecule has 104 valence electrons. The third-order valence-corrected chi connectivity index (χ3v) is 3.15. The zero-order chi connectivity index (χ0) is 14.7. The Morgan fingerprint density at radius 2 is 1.70 bits per heavy atom. The summed E-state index contributed by atoms with van der Waals surface area (Å²) in [6.07, 6.45) is 0. The van der Waals surface area contributed by atoms with E-state index in [4.69, 9.17) is 0 Å². The van der Waals surface area contributed by atoms with Crippen LogP contribution in [0.15, 0.2) is 40.9 Å². The average molecular weight is 343 g/mol. The Kier molecular flexibility index (Phi) is 4.29. The first-order chi connectivity index (χ1) is 9.47. The second kappa shape index (κ2) is 5.96. The number of nitro benzene ring substituents is 1. The van der Waals surface area contributed by atoms with E-state index in [0.717, 1.165) is 10.0 Å². The molecule has 2 rings (SSSR count). The van der Waals surface area contributed by atoms with Crippen molar-refractivity contribution < 1.29 is 13.7 Å². The van der Waals surface area contributed by atoms with Gasteiger partial charge in [-0.25, -0.2) is 8.78 Å². The summed E-state index contributed by atoms with van der Waals surface area (Å²) in [4.78, 5) is 9.63. The van der Waals surface area contributed by atoms with Crippen molar-refractivity contribution >= 4 is 27.3 Å². The number of halogens is 3. The second-order valence-electron chi connectivity index (χ2n) is 4.02. The molecule has 0 saturated heterocycles. The van der Waals surface area contributed by atoms with Crippen molar-refractivity contribution in [2.45, 2.75) is 6.54 Å². The molecule has 0 unspecified atom stereocenters. The summed E-state index contributed by atoms with van der Waals surface area (Å²) in [5.41, 5.74) is -0.168. The first kappa shape index (κ1) is 14.4. The van der Waals surface area contributed by atoms with Crippen molar-refractivity contribution in [3.8, 4) is 0 Å².